The average Bonchev–Trinajstić information content (AvgIpc) is 2.78. The van der Waals surface area contributed by atoms with Crippen LogP contribution in [0.5, 0.6) is 0 Å². The Morgan fingerprint density at radius 1 is 1.31 bits per heavy atom. The van der Waals surface area contributed by atoms with Crippen molar-refractivity contribution in [3.63, 3.8) is 0 Å². The first-order chi connectivity index (χ1) is 7.85. The molecule has 0 bridgehead atoms. The van der Waals surface area contributed by atoms with Gasteiger partial charge in [0.25, 0.3) is 0 Å². The molecule has 80 valence electrons. The maximum absolute atomic E-state index is 8.63. The number of aryl methyl sites for hydroxylation is 1. The molecule has 0 fully saturated rings. The van der Waals surface area contributed by atoms with Crippen molar-refractivity contribution in [1.82, 2.24) is 19.5 Å². The summed E-state index contributed by atoms with van der Waals surface area (Å²) in [6, 6.07) is 1.94. The van der Waals surface area contributed by atoms with E-state index in [1.807, 2.05) is 16.8 Å². The summed E-state index contributed by atoms with van der Waals surface area (Å²) >= 11 is 0. The second-order valence-corrected chi connectivity index (χ2v) is 3.34. The van der Waals surface area contributed by atoms with E-state index in [2.05, 4.69) is 21.9 Å². The predicted octanol–water partition coefficient (Wildman–Crippen LogP) is 1.49. The van der Waals surface area contributed by atoms with E-state index >= 15 is 0 Å². The molecule has 0 saturated heterocycles. The molecule has 0 saturated carbocycles. The lowest BCUT2D eigenvalue weighted by Gasteiger charge is -2.04. The van der Waals surface area contributed by atoms with E-state index in [1.54, 1.807) is 12.4 Å². The van der Waals surface area contributed by atoms with Crippen molar-refractivity contribution in [2.75, 3.05) is 0 Å². The van der Waals surface area contributed by atoms with E-state index in [0.29, 0.717) is 11.5 Å². The van der Waals surface area contributed by atoms with E-state index in [-0.39, 0.29) is 0 Å². The SMILES string of the molecule is CCCc1nccn1-c1cnc(C#N)cn1. The van der Waals surface area contributed by atoms with E-state index in [9.17, 15) is 0 Å². The number of hydrogen-bond donors (Lipinski definition) is 0. The minimum Gasteiger partial charge on any atom is -0.287 e. The third kappa shape index (κ3) is 1.91. The van der Waals surface area contributed by atoms with Crippen LogP contribution in [0, 0.1) is 11.3 Å². The summed E-state index contributed by atoms with van der Waals surface area (Å²) in [5.41, 5.74) is 0.320. The zero-order valence-electron chi connectivity index (χ0n) is 8.96. The largest absolute Gasteiger partial charge is 0.287 e. The summed E-state index contributed by atoms with van der Waals surface area (Å²) in [6.45, 7) is 2.10. The third-order valence-electron chi connectivity index (χ3n) is 2.19. The summed E-state index contributed by atoms with van der Waals surface area (Å²) in [6.07, 6.45) is 8.56. The summed E-state index contributed by atoms with van der Waals surface area (Å²) < 4.78 is 1.89. The third-order valence-corrected chi connectivity index (χ3v) is 2.19. The summed E-state index contributed by atoms with van der Waals surface area (Å²) in [4.78, 5) is 12.4. The molecule has 0 atom stereocenters. The number of aromatic nitrogens is 4. The van der Waals surface area contributed by atoms with Crippen LogP contribution >= 0.6 is 0 Å². The quantitative estimate of drug-likeness (QED) is 0.774. The Hall–Kier alpha value is -2.22. The first-order valence-electron chi connectivity index (χ1n) is 5.10. The van der Waals surface area contributed by atoms with Crippen molar-refractivity contribution in [1.29, 1.82) is 5.26 Å². The molecule has 0 aliphatic heterocycles. The normalized spacial score (nSPS) is 10.0. The molecular weight excluding hydrogens is 202 g/mol. The van der Waals surface area contributed by atoms with Crippen LogP contribution in [0.25, 0.3) is 5.82 Å². The Kier molecular flexibility index (Phi) is 2.92. The molecule has 2 aromatic rings. The predicted molar refractivity (Wildman–Crippen MR) is 57.9 cm³/mol. The van der Waals surface area contributed by atoms with Gasteiger partial charge in [0.2, 0.25) is 0 Å². The molecule has 16 heavy (non-hydrogen) atoms. The highest BCUT2D eigenvalue weighted by Crippen LogP contribution is 2.08. The Bertz CT molecular complexity index is 506. The van der Waals surface area contributed by atoms with Gasteiger partial charge >= 0.3 is 0 Å². The molecule has 5 heteroatoms. The van der Waals surface area contributed by atoms with Gasteiger partial charge in [-0.15, -0.1) is 0 Å². The number of hydrogen-bond acceptors (Lipinski definition) is 4. The Balaban J connectivity index is 2.35. The first-order valence-corrected chi connectivity index (χ1v) is 5.10. The minimum atomic E-state index is 0.320. The molecule has 2 heterocycles. The van der Waals surface area contributed by atoms with Crippen LogP contribution in [0.2, 0.25) is 0 Å². The fourth-order valence-corrected chi connectivity index (χ4v) is 1.45. The van der Waals surface area contributed by atoms with Crippen LogP contribution in [0.3, 0.4) is 0 Å². The molecule has 0 unspecified atom stereocenters. The van der Waals surface area contributed by atoms with Crippen molar-refractivity contribution >= 4 is 0 Å². The topological polar surface area (TPSA) is 67.4 Å². The van der Waals surface area contributed by atoms with Crippen molar-refractivity contribution in [2.24, 2.45) is 0 Å². The van der Waals surface area contributed by atoms with Crippen LogP contribution in [-0.4, -0.2) is 19.5 Å². The first kappa shape index (κ1) is 10.3. The highest BCUT2D eigenvalue weighted by atomic mass is 15.1. The number of nitrogens with zero attached hydrogens (tertiary/aromatic N) is 5. The smallest absolute Gasteiger partial charge is 0.158 e. The van der Waals surface area contributed by atoms with Crippen molar-refractivity contribution < 1.29 is 0 Å². The average molecular weight is 213 g/mol. The Morgan fingerprint density at radius 2 is 2.19 bits per heavy atom. The van der Waals surface area contributed by atoms with Gasteiger partial charge in [-0.05, 0) is 6.42 Å². The van der Waals surface area contributed by atoms with Gasteiger partial charge < -0.3 is 0 Å². The molecule has 0 N–H and O–H groups in total. The summed E-state index contributed by atoms with van der Waals surface area (Å²) in [5.74, 6) is 1.65. The standard InChI is InChI=1S/C11H11N5/c1-2-3-10-13-4-5-16(10)11-8-14-9(6-12)7-15-11/h4-5,7-8H,2-3H2,1H3. The van der Waals surface area contributed by atoms with E-state index in [1.165, 1.54) is 6.20 Å². The molecule has 0 spiro atoms. The molecular formula is C11H11N5. The van der Waals surface area contributed by atoms with Gasteiger partial charge in [-0.1, -0.05) is 6.92 Å². The van der Waals surface area contributed by atoms with Gasteiger partial charge in [0.15, 0.2) is 11.5 Å². The summed E-state index contributed by atoms with van der Waals surface area (Å²) in [7, 11) is 0. The van der Waals surface area contributed by atoms with Gasteiger partial charge in [0.05, 0.1) is 12.4 Å². The van der Waals surface area contributed by atoms with E-state index < -0.39 is 0 Å². The van der Waals surface area contributed by atoms with Crippen LogP contribution < -0.4 is 0 Å². The molecule has 0 radical (unpaired) electrons. The van der Waals surface area contributed by atoms with Crippen LogP contribution in [0.1, 0.15) is 24.9 Å². The molecule has 2 rings (SSSR count). The van der Waals surface area contributed by atoms with Crippen LogP contribution in [0.4, 0.5) is 0 Å². The molecule has 0 aromatic carbocycles. The fraction of sp³-hybridized carbons (Fsp3) is 0.273. The monoisotopic (exact) mass is 213 g/mol. The Labute approximate surface area is 93.4 Å². The second-order valence-electron chi connectivity index (χ2n) is 3.34. The fourth-order valence-electron chi connectivity index (χ4n) is 1.45. The summed E-state index contributed by atoms with van der Waals surface area (Å²) in [5, 5.41) is 8.63. The van der Waals surface area contributed by atoms with Crippen molar-refractivity contribution in [3.8, 4) is 11.9 Å². The maximum atomic E-state index is 8.63. The van der Waals surface area contributed by atoms with Crippen LogP contribution in [0.15, 0.2) is 24.8 Å². The Morgan fingerprint density at radius 3 is 2.81 bits per heavy atom. The van der Waals surface area contributed by atoms with Gasteiger partial charge in [-0.2, -0.15) is 5.26 Å². The lowest BCUT2D eigenvalue weighted by atomic mass is 10.3. The van der Waals surface area contributed by atoms with Gasteiger partial charge in [-0.3, -0.25) is 4.57 Å². The zero-order valence-corrected chi connectivity index (χ0v) is 8.96. The minimum absolute atomic E-state index is 0.320. The molecule has 5 nitrogen and oxygen atoms in total. The molecule has 0 amide bonds. The van der Waals surface area contributed by atoms with Gasteiger partial charge in [0, 0.05) is 18.8 Å². The van der Waals surface area contributed by atoms with Gasteiger partial charge in [0.1, 0.15) is 11.9 Å². The molecule has 0 aliphatic carbocycles. The lowest BCUT2D eigenvalue weighted by molar-refractivity contribution is 0.794. The second kappa shape index (κ2) is 4.53. The van der Waals surface area contributed by atoms with Gasteiger partial charge in [-0.25, -0.2) is 15.0 Å². The molecule has 2 aromatic heterocycles. The highest BCUT2D eigenvalue weighted by Gasteiger charge is 2.05. The highest BCUT2D eigenvalue weighted by molar-refractivity contribution is 5.25. The number of imidazole rings is 1. The number of rotatable bonds is 3. The molecule has 0 aliphatic rings. The van der Waals surface area contributed by atoms with E-state index in [4.69, 9.17) is 5.26 Å². The van der Waals surface area contributed by atoms with Crippen LogP contribution in [-0.2, 0) is 6.42 Å². The maximum Gasteiger partial charge on any atom is 0.158 e. The van der Waals surface area contributed by atoms with Crippen molar-refractivity contribution in [2.45, 2.75) is 19.8 Å². The van der Waals surface area contributed by atoms with E-state index in [0.717, 1.165) is 18.7 Å². The lowest BCUT2D eigenvalue weighted by Crippen LogP contribution is -2.03. The van der Waals surface area contributed by atoms with Crippen molar-refractivity contribution in [3.05, 3.63) is 36.3 Å². The zero-order chi connectivity index (χ0) is 11.4. The number of nitriles is 1.